The van der Waals surface area contributed by atoms with Gasteiger partial charge in [0.2, 0.25) is 0 Å². The quantitative estimate of drug-likeness (QED) is 0.899. The maximum Gasteiger partial charge on any atom is 0.0759 e. The van der Waals surface area contributed by atoms with E-state index in [0.717, 1.165) is 23.7 Å². The third-order valence-electron chi connectivity index (χ3n) is 2.72. The Morgan fingerprint density at radius 1 is 1.33 bits per heavy atom. The minimum atomic E-state index is 0.169. The Kier molecular flexibility index (Phi) is 4.67. The van der Waals surface area contributed by atoms with Crippen LogP contribution in [0, 0.1) is 0 Å². The molecule has 0 saturated carbocycles. The van der Waals surface area contributed by atoms with Crippen molar-refractivity contribution in [1.82, 2.24) is 15.3 Å². The van der Waals surface area contributed by atoms with Crippen LogP contribution in [-0.2, 0) is 6.42 Å². The molecule has 0 spiro atoms. The second-order valence-corrected chi connectivity index (χ2v) is 4.51. The number of hydrogen-bond donors (Lipinski definition) is 1. The molecule has 1 aromatic carbocycles. The molecule has 18 heavy (non-hydrogen) atoms. The third-order valence-corrected chi connectivity index (χ3v) is 2.95. The zero-order chi connectivity index (χ0) is 12.8. The maximum absolute atomic E-state index is 6.00. The summed E-state index contributed by atoms with van der Waals surface area (Å²) in [6, 6.07) is 8.09. The highest BCUT2D eigenvalue weighted by molar-refractivity contribution is 6.30. The van der Waals surface area contributed by atoms with Gasteiger partial charge in [-0.3, -0.25) is 9.97 Å². The molecule has 1 atom stereocenters. The number of rotatable bonds is 5. The molecule has 0 amide bonds. The first kappa shape index (κ1) is 13.0. The molecule has 0 fully saturated rings. The van der Waals surface area contributed by atoms with Crippen molar-refractivity contribution >= 4 is 11.6 Å². The summed E-state index contributed by atoms with van der Waals surface area (Å²) in [5.74, 6) is 0. The maximum atomic E-state index is 6.00. The molecule has 0 radical (unpaired) electrons. The van der Waals surface area contributed by atoms with Gasteiger partial charge in [-0.05, 0) is 30.7 Å². The minimum absolute atomic E-state index is 0.169. The van der Waals surface area contributed by atoms with Crippen molar-refractivity contribution in [3.63, 3.8) is 0 Å². The predicted molar refractivity (Wildman–Crippen MR) is 73.6 cm³/mol. The van der Waals surface area contributed by atoms with Crippen LogP contribution in [0.3, 0.4) is 0 Å². The minimum Gasteiger partial charge on any atom is -0.309 e. The number of nitrogens with zero attached hydrogens (tertiary/aromatic N) is 2. The summed E-state index contributed by atoms with van der Waals surface area (Å²) in [7, 11) is 0. The predicted octanol–water partition coefficient (Wildman–Crippen LogP) is 3.02. The fourth-order valence-electron chi connectivity index (χ4n) is 1.92. The summed E-state index contributed by atoms with van der Waals surface area (Å²) in [6.45, 7) is 2.98. The van der Waals surface area contributed by atoms with E-state index in [-0.39, 0.29) is 6.04 Å². The molecule has 0 saturated heterocycles. The van der Waals surface area contributed by atoms with Crippen LogP contribution in [-0.4, -0.2) is 16.5 Å². The Bertz CT molecular complexity index is 487. The van der Waals surface area contributed by atoms with Crippen LogP contribution in [0.15, 0.2) is 42.9 Å². The lowest BCUT2D eigenvalue weighted by molar-refractivity contribution is 0.534. The van der Waals surface area contributed by atoms with Gasteiger partial charge in [0.05, 0.1) is 11.7 Å². The molecule has 0 aliphatic heterocycles. The SMILES string of the molecule is CCNC(Cc1cccc(Cl)c1)c1cnccn1. The highest BCUT2D eigenvalue weighted by Crippen LogP contribution is 2.18. The Morgan fingerprint density at radius 3 is 2.89 bits per heavy atom. The highest BCUT2D eigenvalue weighted by atomic mass is 35.5. The summed E-state index contributed by atoms with van der Waals surface area (Å²) in [5.41, 5.74) is 2.15. The van der Waals surface area contributed by atoms with E-state index < -0.39 is 0 Å². The number of halogens is 1. The molecule has 1 unspecified atom stereocenters. The van der Waals surface area contributed by atoms with E-state index in [2.05, 4.69) is 28.3 Å². The van der Waals surface area contributed by atoms with Crippen LogP contribution in [0.5, 0.6) is 0 Å². The van der Waals surface area contributed by atoms with Gasteiger partial charge in [-0.25, -0.2) is 0 Å². The zero-order valence-corrected chi connectivity index (χ0v) is 11.1. The normalized spacial score (nSPS) is 12.3. The zero-order valence-electron chi connectivity index (χ0n) is 10.3. The van der Waals surface area contributed by atoms with Gasteiger partial charge in [-0.2, -0.15) is 0 Å². The topological polar surface area (TPSA) is 37.8 Å². The van der Waals surface area contributed by atoms with Crippen molar-refractivity contribution in [2.45, 2.75) is 19.4 Å². The van der Waals surface area contributed by atoms with Crippen molar-refractivity contribution in [2.24, 2.45) is 0 Å². The summed E-state index contributed by atoms with van der Waals surface area (Å²) in [5, 5.41) is 4.19. The lowest BCUT2D eigenvalue weighted by Crippen LogP contribution is -2.24. The lowest BCUT2D eigenvalue weighted by atomic mass is 10.0. The Balaban J connectivity index is 2.16. The van der Waals surface area contributed by atoms with Crippen LogP contribution in [0.1, 0.15) is 24.2 Å². The summed E-state index contributed by atoms with van der Waals surface area (Å²) in [6.07, 6.45) is 6.06. The van der Waals surface area contributed by atoms with Crippen LogP contribution >= 0.6 is 11.6 Å². The summed E-state index contributed by atoms with van der Waals surface area (Å²) < 4.78 is 0. The van der Waals surface area contributed by atoms with E-state index in [1.54, 1.807) is 18.6 Å². The molecular weight excluding hydrogens is 246 g/mol. The molecule has 1 heterocycles. The van der Waals surface area contributed by atoms with Gasteiger partial charge in [0, 0.05) is 23.6 Å². The molecule has 0 aliphatic carbocycles. The monoisotopic (exact) mass is 261 g/mol. The van der Waals surface area contributed by atoms with Crippen molar-refractivity contribution < 1.29 is 0 Å². The van der Waals surface area contributed by atoms with Gasteiger partial charge in [0.25, 0.3) is 0 Å². The van der Waals surface area contributed by atoms with Crippen LogP contribution in [0.2, 0.25) is 5.02 Å². The second-order valence-electron chi connectivity index (χ2n) is 4.07. The molecular formula is C14H16ClN3. The molecule has 3 nitrogen and oxygen atoms in total. The van der Waals surface area contributed by atoms with Gasteiger partial charge in [0.1, 0.15) is 0 Å². The largest absolute Gasteiger partial charge is 0.309 e. The molecule has 0 bridgehead atoms. The third kappa shape index (κ3) is 3.52. The van der Waals surface area contributed by atoms with E-state index >= 15 is 0 Å². The molecule has 2 rings (SSSR count). The van der Waals surface area contributed by atoms with E-state index in [1.165, 1.54) is 5.56 Å². The van der Waals surface area contributed by atoms with Crippen molar-refractivity contribution in [3.8, 4) is 0 Å². The van der Waals surface area contributed by atoms with E-state index in [9.17, 15) is 0 Å². The van der Waals surface area contributed by atoms with Gasteiger partial charge >= 0.3 is 0 Å². The van der Waals surface area contributed by atoms with Crippen molar-refractivity contribution in [2.75, 3.05) is 6.54 Å². The fraction of sp³-hybridized carbons (Fsp3) is 0.286. The number of aromatic nitrogens is 2. The van der Waals surface area contributed by atoms with E-state index in [0.29, 0.717) is 0 Å². The average molecular weight is 262 g/mol. The first-order valence-electron chi connectivity index (χ1n) is 6.03. The number of benzene rings is 1. The summed E-state index contributed by atoms with van der Waals surface area (Å²) >= 11 is 6.00. The molecule has 4 heteroatoms. The Labute approximate surface area is 112 Å². The fourth-order valence-corrected chi connectivity index (χ4v) is 2.13. The first-order valence-corrected chi connectivity index (χ1v) is 6.41. The molecule has 0 aliphatic rings. The first-order chi connectivity index (χ1) is 8.79. The van der Waals surface area contributed by atoms with Gasteiger partial charge in [0.15, 0.2) is 0 Å². The van der Waals surface area contributed by atoms with Crippen molar-refractivity contribution in [3.05, 3.63) is 59.1 Å². The Morgan fingerprint density at radius 2 is 2.22 bits per heavy atom. The lowest BCUT2D eigenvalue weighted by Gasteiger charge is -2.17. The van der Waals surface area contributed by atoms with E-state index in [4.69, 9.17) is 11.6 Å². The number of nitrogens with one attached hydrogen (secondary N) is 1. The second kappa shape index (κ2) is 6.47. The molecule has 1 aromatic heterocycles. The van der Waals surface area contributed by atoms with Crippen LogP contribution in [0.4, 0.5) is 0 Å². The molecule has 2 aromatic rings. The average Bonchev–Trinajstić information content (AvgIpc) is 2.39. The standard InChI is InChI=1S/C14H16ClN3/c1-2-17-13(14-10-16-6-7-18-14)9-11-4-3-5-12(15)8-11/h3-8,10,13,17H,2,9H2,1H3. The smallest absolute Gasteiger partial charge is 0.0759 e. The van der Waals surface area contributed by atoms with E-state index in [1.807, 2.05) is 18.2 Å². The summed E-state index contributed by atoms with van der Waals surface area (Å²) in [4.78, 5) is 8.48. The number of hydrogen-bond acceptors (Lipinski definition) is 3. The highest BCUT2D eigenvalue weighted by Gasteiger charge is 2.12. The van der Waals surface area contributed by atoms with Gasteiger partial charge in [-0.15, -0.1) is 0 Å². The van der Waals surface area contributed by atoms with Gasteiger partial charge < -0.3 is 5.32 Å². The van der Waals surface area contributed by atoms with Crippen LogP contribution < -0.4 is 5.32 Å². The van der Waals surface area contributed by atoms with Crippen LogP contribution in [0.25, 0.3) is 0 Å². The Hall–Kier alpha value is -1.45. The van der Waals surface area contributed by atoms with Gasteiger partial charge in [-0.1, -0.05) is 30.7 Å². The molecule has 1 N–H and O–H groups in total. The van der Waals surface area contributed by atoms with Crippen molar-refractivity contribution in [1.29, 1.82) is 0 Å². The number of likely N-dealkylation sites (N-methyl/N-ethyl adjacent to an activating group) is 1. The molecule has 94 valence electrons.